The maximum atomic E-state index is 3.89. The molecule has 0 radical (unpaired) electrons. The molecule has 0 aromatic heterocycles. The van der Waals surface area contributed by atoms with E-state index in [1.807, 2.05) is 6.92 Å². The summed E-state index contributed by atoms with van der Waals surface area (Å²) in [5.41, 5.74) is 40.8. The van der Waals surface area contributed by atoms with E-state index >= 15 is 0 Å². The molecule has 0 bridgehead atoms. The molecule has 0 aromatic carbocycles. The van der Waals surface area contributed by atoms with E-state index in [2.05, 4.69) is 92.6 Å². The summed E-state index contributed by atoms with van der Waals surface area (Å²) in [7, 11) is 0. The zero-order chi connectivity index (χ0) is 15.1. The standard InChI is InChI=1S/C18H12N2.2ClH.15H2/c1-3-4-5-6-7-8-9-10-11-12-13-14-15-16-18(20)17(2)19;;;;;;;;;;;;;;;;;/h16-18H,1,19-20H2,2H3;17*1H/t17-,18+;;;;;;;;;;;;;;;;;/m0................./s1. The summed E-state index contributed by atoms with van der Waals surface area (Å²) in [5.74, 6) is 0. The summed E-state index contributed by atoms with van der Waals surface area (Å²) in [6, 6.07) is 0.323. The summed E-state index contributed by atoms with van der Waals surface area (Å²) in [4.78, 5) is 0. The van der Waals surface area contributed by atoms with Crippen LogP contribution in [0.25, 0.3) is 0 Å². The number of halogens is 2. The Balaban J connectivity index is -0.0000000133. The highest BCUT2D eigenvalue weighted by Crippen LogP contribution is 1.79. The van der Waals surface area contributed by atoms with Crippen molar-refractivity contribution in [2.75, 3.05) is 0 Å². The first kappa shape index (κ1) is 24.4. The number of quaternary nitrogens is 2. The average Bonchev–Trinajstić information content (AvgIpc) is 2.43. The lowest BCUT2D eigenvalue weighted by molar-refractivity contribution is -0.513. The molecule has 0 spiro atoms. The SMILES string of the molecule is C=C=C=C=C=C=C=C=C=C=C=C=C=C=C[C@@H]([NH3+])[C@H](C)[NH3+].[Cl-].[Cl-].[HH].[HH].[HH].[HH].[HH].[HH].[HH].[HH].[HH].[HH].[HH].[HH].[HH].[HH].[HH]. The molecule has 0 aliphatic heterocycles. The molecule has 0 aliphatic carbocycles. The quantitative estimate of drug-likeness (QED) is 0.543. The molecule has 6 N–H and O–H groups in total. The summed E-state index contributed by atoms with van der Waals surface area (Å²) in [6.45, 7) is 5.29. The van der Waals surface area contributed by atoms with Crippen molar-refractivity contribution in [3.05, 3.63) is 87.2 Å². The van der Waals surface area contributed by atoms with Crippen molar-refractivity contribution in [2.45, 2.75) is 19.0 Å². The van der Waals surface area contributed by atoms with Gasteiger partial charge in [0.1, 0.15) is 6.04 Å². The Kier molecular flexibility index (Phi) is 20.4. The van der Waals surface area contributed by atoms with Gasteiger partial charge < -0.3 is 36.3 Å². The predicted octanol–water partition coefficient (Wildman–Crippen LogP) is -1.87. The van der Waals surface area contributed by atoms with Crippen molar-refractivity contribution < 1.29 is 57.7 Å². The minimum absolute atomic E-state index is 0. The third-order valence-electron chi connectivity index (χ3n) is 1.81. The Labute approximate surface area is 165 Å². The molecule has 0 heterocycles. The smallest absolute Gasteiger partial charge is 0.163 e. The highest BCUT2D eigenvalue weighted by Gasteiger charge is 2.09. The van der Waals surface area contributed by atoms with Crippen molar-refractivity contribution in [1.82, 2.24) is 0 Å². The molecular formula is C18H44Cl2N2. The van der Waals surface area contributed by atoms with Crippen LogP contribution in [0.4, 0.5) is 0 Å². The van der Waals surface area contributed by atoms with Crippen molar-refractivity contribution >= 4 is 0 Å². The molecular weight excluding hydrogens is 315 g/mol. The molecule has 4 heteroatoms. The molecule has 0 aliphatic rings. The van der Waals surface area contributed by atoms with E-state index in [1.165, 1.54) is 0 Å². The van der Waals surface area contributed by atoms with Gasteiger partial charge in [-0.05, 0) is 76.5 Å². The van der Waals surface area contributed by atoms with Gasteiger partial charge in [-0.1, -0.05) is 11.5 Å². The zero-order valence-corrected chi connectivity index (χ0v) is 13.6. The maximum Gasteiger partial charge on any atom is 0.163 e. The molecule has 0 rings (SSSR count). The van der Waals surface area contributed by atoms with E-state index in [9.17, 15) is 0 Å². The fourth-order valence-electron chi connectivity index (χ4n) is 0.674. The van der Waals surface area contributed by atoms with Crippen LogP contribution >= 0.6 is 0 Å². The molecule has 0 saturated heterocycles. The molecule has 2 nitrogen and oxygen atoms in total. The first-order valence-corrected chi connectivity index (χ1v) is 5.70. The second-order valence-corrected chi connectivity index (χ2v) is 3.50. The van der Waals surface area contributed by atoms with Gasteiger partial charge in [0.2, 0.25) is 0 Å². The Morgan fingerprint density at radius 2 is 1.14 bits per heavy atom. The Morgan fingerprint density at radius 3 is 1.50 bits per heavy atom. The van der Waals surface area contributed by atoms with Gasteiger partial charge in [0.15, 0.2) is 6.04 Å². The third-order valence-corrected chi connectivity index (χ3v) is 1.81. The van der Waals surface area contributed by atoms with Crippen LogP contribution in [0.1, 0.15) is 28.3 Å². The molecule has 2 atom stereocenters. The van der Waals surface area contributed by atoms with Crippen molar-refractivity contribution in [3.63, 3.8) is 0 Å². The van der Waals surface area contributed by atoms with Crippen molar-refractivity contribution in [1.29, 1.82) is 0 Å². The van der Waals surface area contributed by atoms with Crippen LogP contribution in [0.5, 0.6) is 0 Å². The van der Waals surface area contributed by atoms with Crippen LogP contribution in [-0.2, 0) is 0 Å². The summed E-state index contributed by atoms with van der Waals surface area (Å²) in [5, 5.41) is 0. The fourth-order valence-corrected chi connectivity index (χ4v) is 0.674. The summed E-state index contributed by atoms with van der Waals surface area (Å²) < 4.78 is 0. The van der Waals surface area contributed by atoms with E-state index in [1.54, 1.807) is 6.08 Å². The van der Waals surface area contributed by atoms with Gasteiger partial charge in [-0.15, -0.1) is 0 Å². The molecule has 0 unspecified atom stereocenters. The van der Waals surface area contributed by atoms with Gasteiger partial charge >= 0.3 is 0 Å². The van der Waals surface area contributed by atoms with Crippen LogP contribution in [0, 0.1) is 0 Å². The zero-order valence-electron chi connectivity index (χ0n) is 12.1. The van der Waals surface area contributed by atoms with Crippen LogP contribution in [0.3, 0.4) is 0 Å². The second-order valence-electron chi connectivity index (χ2n) is 3.50. The minimum Gasteiger partial charge on any atom is -1.00 e. The van der Waals surface area contributed by atoms with Crippen molar-refractivity contribution in [2.24, 2.45) is 0 Å². The monoisotopic (exact) mass is 358 g/mol. The van der Waals surface area contributed by atoms with Crippen LogP contribution < -0.4 is 36.3 Å². The van der Waals surface area contributed by atoms with Crippen molar-refractivity contribution in [3.8, 4) is 0 Å². The van der Waals surface area contributed by atoms with E-state index in [4.69, 9.17) is 0 Å². The first-order chi connectivity index (χ1) is 9.68. The Hall–Kier alpha value is -2.62. The largest absolute Gasteiger partial charge is 1.00 e. The Bertz CT molecular complexity index is 866. The Morgan fingerprint density at radius 1 is 0.773 bits per heavy atom. The highest BCUT2D eigenvalue weighted by atomic mass is 35.5. The first-order valence-electron chi connectivity index (χ1n) is 5.70. The number of hydrogen-bond acceptors (Lipinski definition) is 0. The summed E-state index contributed by atoms with van der Waals surface area (Å²) >= 11 is 0. The number of hydrogen-bond donors (Lipinski definition) is 2. The van der Waals surface area contributed by atoms with Gasteiger partial charge in [0, 0.05) is 27.5 Å². The van der Waals surface area contributed by atoms with Gasteiger partial charge in [0.05, 0.1) is 0 Å². The minimum atomic E-state index is 0. The molecule has 0 fully saturated rings. The third kappa shape index (κ3) is 17.4. The van der Waals surface area contributed by atoms with E-state index in [0.717, 1.165) is 0 Å². The second kappa shape index (κ2) is 18.4. The lowest BCUT2D eigenvalue weighted by Gasteiger charge is -2.00. The normalized spacial score (nSPS) is 8.14. The molecule has 0 saturated carbocycles. The van der Waals surface area contributed by atoms with E-state index in [0.29, 0.717) is 0 Å². The lowest BCUT2D eigenvalue weighted by Crippen LogP contribution is -3.00. The highest BCUT2D eigenvalue weighted by molar-refractivity contribution is 4.94. The average molecular weight is 359 g/mol. The lowest BCUT2D eigenvalue weighted by atomic mass is 10.2. The van der Waals surface area contributed by atoms with Gasteiger partial charge in [-0.2, -0.15) is 0 Å². The fraction of sp³-hybridized carbons (Fsp3) is 0.167. The van der Waals surface area contributed by atoms with Gasteiger partial charge in [0.25, 0.3) is 0 Å². The molecule has 140 valence electrons. The van der Waals surface area contributed by atoms with Crippen LogP contribution in [0.15, 0.2) is 87.2 Å². The van der Waals surface area contributed by atoms with Crippen LogP contribution in [-0.4, -0.2) is 12.1 Å². The van der Waals surface area contributed by atoms with Crippen LogP contribution in [0.2, 0.25) is 0 Å². The van der Waals surface area contributed by atoms with E-state index in [-0.39, 0.29) is 58.3 Å². The number of rotatable bonds is 2. The van der Waals surface area contributed by atoms with E-state index < -0.39 is 0 Å². The summed E-state index contributed by atoms with van der Waals surface area (Å²) in [6.07, 6.45) is 1.77. The maximum absolute atomic E-state index is 3.89. The van der Waals surface area contributed by atoms with Gasteiger partial charge in [-0.3, -0.25) is 0 Å². The topological polar surface area (TPSA) is 55.3 Å². The van der Waals surface area contributed by atoms with Gasteiger partial charge in [-0.25, -0.2) is 0 Å². The molecule has 0 aromatic rings. The molecule has 22 heavy (non-hydrogen) atoms. The molecule has 0 amide bonds. The predicted molar refractivity (Wildman–Crippen MR) is 107 cm³/mol.